The van der Waals surface area contributed by atoms with Crippen LogP contribution in [0.1, 0.15) is 59.9 Å². The monoisotopic (exact) mass is 505 g/mol. The normalized spacial score (nSPS) is 22.5. The highest BCUT2D eigenvalue weighted by Gasteiger charge is 2.46. The molecule has 0 radical (unpaired) electrons. The molecule has 0 saturated carbocycles. The quantitative estimate of drug-likeness (QED) is 0.478. The maximum atomic E-state index is 6.88. The van der Waals surface area contributed by atoms with Crippen LogP contribution in [0.15, 0.2) is 12.9 Å². The van der Waals surface area contributed by atoms with Crippen LogP contribution in [0.25, 0.3) is 17.2 Å². The molecule has 1 saturated heterocycles. The molecular weight excluding hydrogens is 462 g/mol. The first-order valence-corrected chi connectivity index (χ1v) is 17.9. The first-order chi connectivity index (χ1) is 15.5. The summed E-state index contributed by atoms with van der Waals surface area (Å²) in [7, 11) is -3.96. The van der Waals surface area contributed by atoms with E-state index in [1.807, 2.05) is 4.57 Å². The topological polar surface area (TPSA) is 97.3 Å². The fourth-order valence-electron chi connectivity index (χ4n) is 3.52. The van der Waals surface area contributed by atoms with E-state index < -0.39 is 16.6 Å². The van der Waals surface area contributed by atoms with Crippen LogP contribution in [0.4, 0.5) is 5.95 Å². The molecule has 0 aliphatic carbocycles. The Morgan fingerprint density at radius 3 is 2.29 bits per heavy atom. The van der Waals surface area contributed by atoms with E-state index in [0.717, 1.165) is 0 Å². The molecule has 1 aliphatic rings. The number of rotatable bonds is 7. The van der Waals surface area contributed by atoms with Crippen molar-refractivity contribution in [1.82, 2.24) is 19.5 Å². The zero-order valence-electron chi connectivity index (χ0n) is 22.6. The van der Waals surface area contributed by atoms with E-state index in [-0.39, 0.29) is 34.5 Å². The van der Waals surface area contributed by atoms with Crippen molar-refractivity contribution in [2.45, 2.75) is 103 Å². The second kappa shape index (κ2) is 9.12. The Bertz CT molecular complexity index is 1040. The Labute approximate surface area is 206 Å². The van der Waals surface area contributed by atoms with Gasteiger partial charge in [-0.25, -0.2) is 9.97 Å². The summed E-state index contributed by atoms with van der Waals surface area (Å²) in [5.74, 6) is 0.189. The minimum atomic E-state index is -2.02. The summed E-state index contributed by atoms with van der Waals surface area (Å²) in [6.45, 7) is 27.0. The lowest BCUT2D eigenvalue weighted by Crippen LogP contribution is -2.48. The number of imidazole rings is 1. The molecule has 2 aromatic rings. The minimum absolute atomic E-state index is 0.0776. The van der Waals surface area contributed by atoms with Crippen molar-refractivity contribution in [3.8, 4) is 0 Å². The second-order valence-corrected chi connectivity index (χ2v) is 21.9. The summed E-state index contributed by atoms with van der Waals surface area (Å²) in [6, 6.07) is 0. The summed E-state index contributed by atoms with van der Waals surface area (Å²) in [5, 5.41) is 0.217. The van der Waals surface area contributed by atoms with Crippen molar-refractivity contribution in [1.29, 1.82) is 0 Å². The summed E-state index contributed by atoms with van der Waals surface area (Å²) in [6.07, 6.45) is 3.55. The molecule has 3 rings (SSSR count). The lowest BCUT2D eigenvalue weighted by molar-refractivity contribution is -0.0383. The van der Waals surface area contributed by atoms with Gasteiger partial charge in [0.2, 0.25) is 5.95 Å². The SMILES string of the molecule is C=Cc1nc(N)nc2c1ncn2C1C[C@H](O[Si](C)(C)C(C)(C)C)[C@@H](CO[Si](C)(C)C(C)(C)C)O1. The zero-order chi connectivity index (χ0) is 25.7. The van der Waals surface area contributed by atoms with Crippen molar-refractivity contribution >= 4 is 39.8 Å². The Kier molecular flexibility index (Phi) is 7.25. The van der Waals surface area contributed by atoms with Crippen molar-refractivity contribution in [3.63, 3.8) is 0 Å². The Hall–Kier alpha value is -1.60. The number of hydrogen-bond donors (Lipinski definition) is 1. The maximum absolute atomic E-state index is 6.88. The second-order valence-electron chi connectivity index (χ2n) is 12.3. The lowest BCUT2D eigenvalue weighted by Gasteiger charge is -2.40. The number of ether oxygens (including phenoxy) is 1. The summed E-state index contributed by atoms with van der Waals surface area (Å²) in [5.41, 5.74) is 7.88. The number of nitrogens with zero attached hydrogens (tertiary/aromatic N) is 4. The Morgan fingerprint density at radius 2 is 1.74 bits per heavy atom. The first kappa shape index (κ1) is 27.0. The van der Waals surface area contributed by atoms with Gasteiger partial charge in [-0.15, -0.1) is 0 Å². The molecule has 2 aromatic heterocycles. The third-order valence-electron chi connectivity index (χ3n) is 7.82. The van der Waals surface area contributed by atoms with E-state index >= 15 is 0 Å². The van der Waals surface area contributed by atoms with Gasteiger partial charge in [-0.2, -0.15) is 4.98 Å². The molecule has 0 aromatic carbocycles. The molecular formula is C24H43N5O3Si2. The van der Waals surface area contributed by atoms with Crippen molar-refractivity contribution in [2.24, 2.45) is 0 Å². The van der Waals surface area contributed by atoms with Crippen molar-refractivity contribution < 1.29 is 13.6 Å². The molecule has 2 N–H and O–H groups in total. The molecule has 0 amide bonds. The van der Waals surface area contributed by atoms with Crippen LogP contribution in [0.3, 0.4) is 0 Å². The fourth-order valence-corrected chi connectivity index (χ4v) is 5.89. The van der Waals surface area contributed by atoms with Crippen LogP contribution in [-0.2, 0) is 13.6 Å². The molecule has 8 nitrogen and oxygen atoms in total. The Morgan fingerprint density at radius 1 is 1.12 bits per heavy atom. The average molecular weight is 506 g/mol. The van der Waals surface area contributed by atoms with E-state index in [1.54, 1.807) is 12.4 Å². The van der Waals surface area contributed by atoms with Gasteiger partial charge in [0, 0.05) is 6.42 Å². The van der Waals surface area contributed by atoms with Gasteiger partial charge in [0.15, 0.2) is 22.3 Å². The van der Waals surface area contributed by atoms with Crippen molar-refractivity contribution in [3.05, 3.63) is 18.6 Å². The van der Waals surface area contributed by atoms with Gasteiger partial charge >= 0.3 is 0 Å². The predicted octanol–water partition coefficient (Wildman–Crippen LogP) is 5.75. The van der Waals surface area contributed by atoms with Crippen LogP contribution >= 0.6 is 0 Å². The minimum Gasteiger partial charge on any atom is -0.414 e. The standard InChI is InChI=1S/C24H43N5O3Si2/c1-12-16-20-21(28-22(25)27-16)29(15-26-20)19-13-17(32-34(10,11)24(5,6)7)18(31-19)14-30-33(8,9)23(2,3)4/h12,15,17-19H,1,13-14H2,2-11H3,(H2,25,27,28)/t17-,18+,19?/m0/s1. The zero-order valence-corrected chi connectivity index (χ0v) is 24.6. The van der Waals surface area contributed by atoms with Gasteiger partial charge < -0.3 is 19.3 Å². The van der Waals surface area contributed by atoms with E-state index in [2.05, 4.69) is 89.3 Å². The largest absolute Gasteiger partial charge is 0.414 e. The predicted molar refractivity (Wildman–Crippen MR) is 144 cm³/mol. The van der Waals surface area contributed by atoms with Crippen LogP contribution in [0, 0.1) is 0 Å². The molecule has 0 bridgehead atoms. The highest BCUT2D eigenvalue weighted by Crippen LogP contribution is 2.43. The number of fused-ring (bicyclic) bond motifs is 1. The van der Waals surface area contributed by atoms with Gasteiger partial charge in [0.1, 0.15) is 17.8 Å². The molecule has 3 heterocycles. The molecule has 1 fully saturated rings. The van der Waals surface area contributed by atoms with Crippen molar-refractivity contribution in [2.75, 3.05) is 12.3 Å². The molecule has 1 aliphatic heterocycles. The van der Waals surface area contributed by atoms with Gasteiger partial charge in [-0.1, -0.05) is 48.1 Å². The number of anilines is 1. The Balaban J connectivity index is 1.92. The smallest absolute Gasteiger partial charge is 0.222 e. The van der Waals surface area contributed by atoms with Crippen LogP contribution < -0.4 is 5.73 Å². The highest BCUT2D eigenvalue weighted by atomic mass is 28.4. The van der Waals surface area contributed by atoms with Gasteiger partial charge in [-0.3, -0.25) is 4.57 Å². The number of nitrogens with two attached hydrogens (primary N) is 1. The molecule has 34 heavy (non-hydrogen) atoms. The summed E-state index contributed by atoms with van der Waals surface area (Å²) in [4.78, 5) is 13.2. The summed E-state index contributed by atoms with van der Waals surface area (Å²) >= 11 is 0. The lowest BCUT2D eigenvalue weighted by atomic mass is 10.2. The van der Waals surface area contributed by atoms with Crippen LogP contribution in [-0.4, -0.2) is 55.0 Å². The number of nitrogen functional groups attached to an aromatic ring is 1. The molecule has 1 unspecified atom stereocenters. The van der Waals surface area contributed by atoms with Gasteiger partial charge in [-0.05, 0) is 42.3 Å². The molecule has 10 heteroatoms. The van der Waals surface area contributed by atoms with E-state index in [0.29, 0.717) is 29.9 Å². The molecule has 0 spiro atoms. The average Bonchev–Trinajstić information content (AvgIpc) is 3.27. The van der Waals surface area contributed by atoms with Gasteiger partial charge in [0.25, 0.3) is 0 Å². The summed E-state index contributed by atoms with van der Waals surface area (Å²) < 4.78 is 22.0. The molecule has 190 valence electrons. The van der Waals surface area contributed by atoms with E-state index in [9.17, 15) is 0 Å². The third kappa shape index (κ3) is 5.30. The van der Waals surface area contributed by atoms with E-state index in [4.69, 9.17) is 19.3 Å². The number of hydrogen-bond acceptors (Lipinski definition) is 7. The molecule has 3 atom stereocenters. The third-order valence-corrected chi connectivity index (χ3v) is 16.8. The maximum Gasteiger partial charge on any atom is 0.222 e. The number of aromatic nitrogens is 4. The van der Waals surface area contributed by atoms with Gasteiger partial charge in [0.05, 0.1) is 24.7 Å². The van der Waals surface area contributed by atoms with Crippen LogP contribution in [0.2, 0.25) is 36.3 Å². The van der Waals surface area contributed by atoms with E-state index in [1.165, 1.54) is 0 Å². The van der Waals surface area contributed by atoms with Crippen LogP contribution in [0.5, 0.6) is 0 Å². The first-order valence-electron chi connectivity index (χ1n) is 12.1. The fraction of sp³-hybridized carbons (Fsp3) is 0.708. The highest BCUT2D eigenvalue weighted by molar-refractivity contribution is 6.74.